The number of hydrogen-bond acceptors (Lipinski definition) is 4. The predicted molar refractivity (Wildman–Crippen MR) is 62.6 cm³/mol. The number of rotatable bonds is 2. The van der Waals surface area contributed by atoms with Crippen molar-refractivity contribution in [3.8, 4) is 0 Å². The minimum Gasteiger partial charge on any atom is -0.364 e. The third kappa shape index (κ3) is 1.86. The van der Waals surface area contributed by atoms with E-state index in [9.17, 15) is 10.1 Å². The first-order chi connectivity index (χ1) is 7.59. The maximum atomic E-state index is 11.0. The molecule has 1 aliphatic heterocycles. The Bertz CT molecular complexity index is 420. The van der Waals surface area contributed by atoms with Gasteiger partial charge in [-0.2, -0.15) is 0 Å². The Labute approximate surface area is 94.0 Å². The number of hydrogen-bond donors (Lipinski definition) is 1. The highest BCUT2D eigenvalue weighted by Crippen LogP contribution is 2.33. The standard InChI is InChI=1S/C11H15N3O2/c1-8-3-2-4-10(14(15)16)11(8)13-6-5-9(12)7-13/h2-4,9H,5-7,12H2,1H3. The fourth-order valence-corrected chi connectivity index (χ4v) is 2.19. The van der Waals surface area contributed by atoms with Gasteiger partial charge in [0.1, 0.15) is 5.69 Å². The molecule has 1 atom stereocenters. The van der Waals surface area contributed by atoms with E-state index in [4.69, 9.17) is 5.73 Å². The zero-order valence-corrected chi connectivity index (χ0v) is 9.22. The van der Waals surface area contributed by atoms with Crippen LogP contribution in [-0.2, 0) is 0 Å². The van der Waals surface area contributed by atoms with Crippen LogP contribution in [0.4, 0.5) is 11.4 Å². The van der Waals surface area contributed by atoms with Gasteiger partial charge < -0.3 is 10.6 Å². The SMILES string of the molecule is Cc1cccc([N+](=O)[O-])c1N1CCC(N)C1. The molecular formula is C11H15N3O2. The van der Waals surface area contributed by atoms with Crippen LogP contribution >= 0.6 is 0 Å². The zero-order valence-electron chi connectivity index (χ0n) is 9.22. The van der Waals surface area contributed by atoms with Crippen LogP contribution in [0, 0.1) is 17.0 Å². The molecule has 2 N–H and O–H groups in total. The second-order valence-corrected chi connectivity index (χ2v) is 4.19. The highest BCUT2D eigenvalue weighted by atomic mass is 16.6. The van der Waals surface area contributed by atoms with Crippen LogP contribution < -0.4 is 10.6 Å². The summed E-state index contributed by atoms with van der Waals surface area (Å²) in [5.74, 6) is 0. The van der Waals surface area contributed by atoms with E-state index in [1.54, 1.807) is 12.1 Å². The molecule has 0 amide bonds. The largest absolute Gasteiger partial charge is 0.364 e. The Balaban J connectivity index is 2.42. The minimum atomic E-state index is -0.327. The number of aryl methyl sites for hydroxylation is 1. The van der Waals surface area contributed by atoms with Crippen LogP contribution in [0.3, 0.4) is 0 Å². The van der Waals surface area contributed by atoms with Crippen LogP contribution in [0.2, 0.25) is 0 Å². The summed E-state index contributed by atoms with van der Waals surface area (Å²) in [5, 5.41) is 11.0. The molecule has 0 aromatic heterocycles. The van der Waals surface area contributed by atoms with Gasteiger partial charge in [0, 0.05) is 25.2 Å². The van der Waals surface area contributed by atoms with Crippen LogP contribution in [-0.4, -0.2) is 24.1 Å². The first-order valence-electron chi connectivity index (χ1n) is 5.34. The van der Waals surface area contributed by atoms with E-state index in [1.165, 1.54) is 0 Å². The van der Waals surface area contributed by atoms with E-state index >= 15 is 0 Å². The van der Waals surface area contributed by atoms with Crippen molar-refractivity contribution in [1.29, 1.82) is 0 Å². The molecule has 5 nitrogen and oxygen atoms in total. The number of nitro benzene ring substituents is 1. The number of anilines is 1. The molecule has 0 radical (unpaired) electrons. The summed E-state index contributed by atoms with van der Waals surface area (Å²) in [4.78, 5) is 12.6. The smallest absolute Gasteiger partial charge is 0.292 e. The number of nitrogens with two attached hydrogens (primary N) is 1. The summed E-state index contributed by atoms with van der Waals surface area (Å²) in [6.45, 7) is 3.39. The lowest BCUT2D eigenvalue weighted by molar-refractivity contribution is -0.384. The molecule has 1 aromatic carbocycles. The van der Waals surface area contributed by atoms with Gasteiger partial charge >= 0.3 is 0 Å². The molecule has 1 fully saturated rings. The molecule has 1 aliphatic rings. The Hall–Kier alpha value is -1.62. The van der Waals surface area contributed by atoms with E-state index < -0.39 is 0 Å². The summed E-state index contributed by atoms with van der Waals surface area (Å²) in [5.41, 5.74) is 7.66. The zero-order chi connectivity index (χ0) is 11.7. The fourth-order valence-electron chi connectivity index (χ4n) is 2.19. The quantitative estimate of drug-likeness (QED) is 0.606. The Morgan fingerprint density at radius 1 is 1.56 bits per heavy atom. The number of para-hydroxylation sites is 1. The van der Waals surface area contributed by atoms with Gasteiger partial charge in [0.05, 0.1) is 4.92 Å². The first kappa shape index (κ1) is 10.9. The average Bonchev–Trinajstić information content (AvgIpc) is 2.64. The van der Waals surface area contributed by atoms with E-state index in [0.717, 1.165) is 24.2 Å². The van der Waals surface area contributed by atoms with E-state index in [0.29, 0.717) is 6.54 Å². The van der Waals surface area contributed by atoms with Gasteiger partial charge in [-0.05, 0) is 18.9 Å². The normalized spacial score (nSPS) is 20.1. The van der Waals surface area contributed by atoms with Gasteiger partial charge in [-0.3, -0.25) is 10.1 Å². The average molecular weight is 221 g/mol. The Morgan fingerprint density at radius 3 is 2.88 bits per heavy atom. The lowest BCUT2D eigenvalue weighted by Gasteiger charge is -2.19. The maximum absolute atomic E-state index is 11.0. The minimum absolute atomic E-state index is 0.124. The Morgan fingerprint density at radius 2 is 2.31 bits per heavy atom. The van der Waals surface area contributed by atoms with Crippen molar-refractivity contribution in [3.63, 3.8) is 0 Å². The van der Waals surface area contributed by atoms with E-state index in [1.807, 2.05) is 17.9 Å². The van der Waals surface area contributed by atoms with Gasteiger partial charge in [0.2, 0.25) is 0 Å². The van der Waals surface area contributed by atoms with Crippen LogP contribution in [0.1, 0.15) is 12.0 Å². The molecule has 0 saturated carbocycles. The first-order valence-corrected chi connectivity index (χ1v) is 5.34. The lowest BCUT2D eigenvalue weighted by atomic mass is 10.1. The second kappa shape index (κ2) is 4.09. The molecule has 0 spiro atoms. The molecular weight excluding hydrogens is 206 g/mol. The molecule has 1 aromatic rings. The summed E-state index contributed by atoms with van der Waals surface area (Å²) < 4.78 is 0. The second-order valence-electron chi connectivity index (χ2n) is 4.19. The van der Waals surface area contributed by atoms with Crippen molar-refractivity contribution in [3.05, 3.63) is 33.9 Å². The molecule has 1 saturated heterocycles. The van der Waals surface area contributed by atoms with Crippen molar-refractivity contribution in [1.82, 2.24) is 0 Å². The summed E-state index contributed by atoms with van der Waals surface area (Å²) in [6.07, 6.45) is 0.894. The lowest BCUT2D eigenvalue weighted by Crippen LogP contribution is -2.27. The van der Waals surface area contributed by atoms with Crippen LogP contribution in [0.15, 0.2) is 18.2 Å². The molecule has 16 heavy (non-hydrogen) atoms. The predicted octanol–water partition coefficient (Wildman–Crippen LogP) is 1.44. The highest BCUT2D eigenvalue weighted by Gasteiger charge is 2.26. The third-order valence-electron chi connectivity index (χ3n) is 2.95. The van der Waals surface area contributed by atoms with Crippen molar-refractivity contribution < 1.29 is 4.92 Å². The molecule has 0 aliphatic carbocycles. The molecule has 1 heterocycles. The van der Waals surface area contributed by atoms with Crippen LogP contribution in [0.5, 0.6) is 0 Å². The van der Waals surface area contributed by atoms with Gasteiger partial charge in [-0.1, -0.05) is 12.1 Å². The molecule has 5 heteroatoms. The monoisotopic (exact) mass is 221 g/mol. The maximum Gasteiger partial charge on any atom is 0.292 e. The van der Waals surface area contributed by atoms with Gasteiger partial charge in [-0.15, -0.1) is 0 Å². The fraction of sp³-hybridized carbons (Fsp3) is 0.455. The van der Waals surface area contributed by atoms with Crippen molar-refractivity contribution in [2.45, 2.75) is 19.4 Å². The van der Waals surface area contributed by atoms with E-state index in [2.05, 4.69) is 0 Å². The number of benzene rings is 1. The Kier molecular flexibility index (Phi) is 2.78. The van der Waals surface area contributed by atoms with Crippen molar-refractivity contribution in [2.75, 3.05) is 18.0 Å². The van der Waals surface area contributed by atoms with Crippen molar-refractivity contribution >= 4 is 11.4 Å². The topological polar surface area (TPSA) is 72.4 Å². The third-order valence-corrected chi connectivity index (χ3v) is 2.95. The summed E-state index contributed by atoms with van der Waals surface area (Å²) in [6, 6.07) is 5.28. The molecule has 86 valence electrons. The summed E-state index contributed by atoms with van der Waals surface area (Å²) >= 11 is 0. The number of nitrogens with zero attached hydrogens (tertiary/aromatic N) is 2. The number of nitro groups is 1. The molecule has 0 bridgehead atoms. The highest BCUT2D eigenvalue weighted by molar-refractivity contribution is 5.68. The van der Waals surface area contributed by atoms with Gasteiger partial charge in [0.25, 0.3) is 5.69 Å². The molecule has 1 unspecified atom stereocenters. The van der Waals surface area contributed by atoms with Crippen molar-refractivity contribution in [2.24, 2.45) is 5.73 Å². The van der Waals surface area contributed by atoms with Gasteiger partial charge in [0.15, 0.2) is 0 Å². The van der Waals surface area contributed by atoms with E-state index in [-0.39, 0.29) is 16.7 Å². The summed E-state index contributed by atoms with van der Waals surface area (Å²) in [7, 11) is 0. The van der Waals surface area contributed by atoms with Gasteiger partial charge in [-0.25, -0.2) is 0 Å². The van der Waals surface area contributed by atoms with Crippen LogP contribution in [0.25, 0.3) is 0 Å². The molecule has 2 rings (SSSR count).